The molecule has 2 aliphatic rings. The molecule has 2 aliphatic heterocycles. The van der Waals surface area contributed by atoms with Crippen LogP contribution in [0.4, 0.5) is 0 Å². The van der Waals surface area contributed by atoms with Gasteiger partial charge in [0.05, 0.1) is 35.8 Å². The van der Waals surface area contributed by atoms with Gasteiger partial charge in [0.1, 0.15) is 0 Å². The molecule has 0 saturated carbocycles. The Morgan fingerprint density at radius 1 is 1.24 bits per heavy atom. The Balaban J connectivity index is 1.74. The number of hydrogen-bond donors (Lipinski definition) is 0. The van der Waals surface area contributed by atoms with Crippen molar-refractivity contribution >= 4 is 21.7 Å². The maximum absolute atomic E-state index is 12.6. The second-order valence-corrected chi connectivity index (χ2v) is 8.57. The van der Waals surface area contributed by atoms with Gasteiger partial charge in [0.25, 0.3) is 11.8 Å². The lowest BCUT2D eigenvalue weighted by Gasteiger charge is -2.27. The number of rotatable bonds is 3. The van der Waals surface area contributed by atoms with Crippen LogP contribution in [-0.2, 0) is 14.6 Å². The van der Waals surface area contributed by atoms with Gasteiger partial charge in [-0.15, -0.1) is 0 Å². The van der Waals surface area contributed by atoms with Crippen molar-refractivity contribution in [1.29, 1.82) is 0 Å². The number of ether oxygens (including phenoxy) is 1. The third kappa shape index (κ3) is 3.98. The molecule has 2 saturated heterocycles. The van der Waals surface area contributed by atoms with Gasteiger partial charge in [-0.25, -0.2) is 8.42 Å². The molecule has 0 bridgehead atoms. The lowest BCUT2D eigenvalue weighted by atomic mass is 10.1. The molecular weight excluding hydrogens is 346 g/mol. The van der Waals surface area contributed by atoms with E-state index in [-0.39, 0.29) is 34.9 Å². The lowest BCUT2D eigenvalue weighted by Crippen LogP contribution is -2.41. The van der Waals surface area contributed by atoms with Gasteiger partial charge in [-0.3, -0.25) is 14.6 Å². The minimum absolute atomic E-state index is 0.0188. The topological polar surface area (TPSA) is 96.9 Å². The first-order valence-corrected chi connectivity index (χ1v) is 9.99. The molecule has 1 aromatic heterocycles. The minimum atomic E-state index is -3.07. The molecule has 1 atom stereocenters. The number of sulfone groups is 1. The van der Waals surface area contributed by atoms with Crippen LogP contribution in [0.15, 0.2) is 18.5 Å². The third-order valence-corrected chi connectivity index (χ3v) is 6.36. The van der Waals surface area contributed by atoms with E-state index in [1.54, 1.807) is 11.9 Å². The van der Waals surface area contributed by atoms with Crippen molar-refractivity contribution in [3.05, 3.63) is 29.6 Å². The van der Waals surface area contributed by atoms with Gasteiger partial charge in [-0.05, 0) is 12.5 Å². The molecule has 0 radical (unpaired) electrons. The number of morpholine rings is 1. The molecule has 2 amide bonds. The van der Waals surface area contributed by atoms with Crippen molar-refractivity contribution in [3.8, 4) is 0 Å². The molecule has 3 heterocycles. The standard InChI is InChI=1S/C16H21N3O5S/c1-18(14-2-7-25(22,23)11-14)15(20)12-8-13(10-17-9-12)16(21)19-3-5-24-6-4-19/h8-10,14H,2-7,11H2,1H3. The minimum Gasteiger partial charge on any atom is -0.378 e. The Bertz CT molecular complexity index is 774. The molecule has 3 rings (SSSR count). The first kappa shape index (κ1) is 17.8. The Hall–Kier alpha value is -2.00. The summed E-state index contributed by atoms with van der Waals surface area (Å²) >= 11 is 0. The monoisotopic (exact) mass is 367 g/mol. The number of carbonyl (C=O) groups excluding carboxylic acids is 2. The van der Waals surface area contributed by atoms with Gasteiger partial charge in [0.2, 0.25) is 0 Å². The van der Waals surface area contributed by atoms with Crippen LogP contribution < -0.4 is 0 Å². The van der Waals surface area contributed by atoms with Crippen LogP contribution in [0.2, 0.25) is 0 Å². The molecule has 1 unspecified atom stereocenters. The first-order chi connectivity index (χ1) is 11.9. The fourth-order valence-electron chi connectivity index (χ4n) is 3.07. The van der Waals surface area contributed by atoms with Crippen LogP contribution in [-0.4, -0.2) is 85.9 Å². The number of carbonyl (C=O) groups is 2. The number of nitrogens with zero attached hydrogens (tertiary/aromatic N) is 3. The molecule has 9 heteroatoms. The maximum atomic E-state index is 12.6. The van der Waals surface area contributed by atoms with Gasteiger partial charge in [-0.1, -0.05) is 0 Å². The summed E-state index contributed by atoms with van der Waals surface area (Å²) in [6.07, 6.45) is 3.28. The van der Waals surface area contributed by atoms with E-state index >= 15 is 0 Å². The van der Waals surface area contributed by atoms with Crippen molar-refractivity contribution in [2.75, 3.05) is 44.9 Å². The molecular formula is C16H21N3O5S. The molecule has 136 valence electrons. The van der Waals surface area contributed by atoms with Crippen LogP contribution in [0.25, 0.3) is 0 Å². The molecule has 1 aromatic rings. The highest BCUT2D eigenvalue weighted by molar-refractivity contribution is 7.91. The van der Waals surface area contributed by atoms with E-state index < -0.39 is 9.84 Å². The van der Waals surface area contributed by atoms with Gasteiger partial charge in [-0.2, -0.15) is 0 Å². The van der Waals surface area contributed by atoms with Gasteiger partial charge >= 0.3 is 0 Å². The molecule has 25 heavy (non-hydrogen) atoms. The fraction of sp³-hybridized carbons (Fsp3) is 0.562. The Kier molecular flexibility index (Phi) is 5.05. The van der Waals surface area contributed by atoms with Crippen LogP contribution >= 0.6 is 0 Å². The average Bonchev–Trinajstić information content (AvgIpc) is 3.00. The second kappa shape index (κ2) is 7.09. The zero-order valence-corrected chi connectivity index (χ0v) is 14.9. The average molecular weight is 367 g/mol. The largest absolute Gasteiger partial charge is 0.378 e. The molecule has 8 nitrogen and oxygen atoms in total. The van der Waals surface area contributed by atoms with E-state index in [9.17, 15) is 18.0 Å². The molecule has 2 fully saturated rings. The number of pyridine rings is 1. The van der Waals surface area contributed by atoms with E-state index in [1.165, 1.54) is 23.4 Å². The molecule has 0 spiro atoms. The quantitative estimate of drug-likeness (QED) is 0.735. The zero-order chi connectivity index (χ0) is 18.0. The summed E-state index contributed by atoms with van der Waals surface area (Å²) in [6.45, 7) is 2.01. The maximum Gasteiger partial charge on any atom is 0.255 e. The Morgan fingerprint density at radius 2 is 1.92 bits per heavy atom. The van der Waals surface area contributed by atoms with E-state index in [1.807, 2.05) is 0 Å². The highest BCUT2D eigenvalue weighted by Crippen LogP contribution is 2.19. The van der Waals surface area contributed by atoms with Gasteiger partial charge in [0, 0.05) is 38.6 Å². The summed E-state index contributed by atoms with van der Waals surface area (Å²) in [5.41, 5.74) is 0.631. The third-order valence-electron chi connectivity index (χ3n) is 4.61. The Morgan fingerprint density at radius 3 is 2.56 bits per heavy atom. The second-order valence-electron chi connectivity index (χ2n) is 6.34. The summed E-state index contributed by atoms with van der Waals surface area (Å²) in [5.74, 6) is -0.430. The smallest absolute Gasteiger partial charge is 0.255 e. The summed E-state index contributed by atoms with van der Waals surface area (Å²) < 4.78 is 28.5. The van der Waals surface area contributed by atoms with E-state index in [0.717, 1.165) is 0 Å². The summed E-state index contributed by atoms with van der Waals surface area (Å²) in [7, 11) is -1.49. The van der Waals surface area contributed by atoms with Crippen LogP contribution in [0.1, 0.15) is 27.1 Å². The van der Waals surface area contributed by atoms with Crippen molar-refractivity contribution in [1.82, 2.24) is 14.8 Å². The number of hydrogen-bond acceptors (Lipinski definition) is 6. The van der Waals surface area contributed by atoms with Crippen molar-refractivity contribution in [2.24, 2.45) is 0 Å². The number of aromatic nitrogens is 1. The Labute approximate surface area is 146 Å². The van der Waals surface area contributed by atoms with Crippen molar-refractivity contribution < 1.29 is 22.7 Å². The molecule has 0 aliphatic carbocycles. The predicted molar refractivity (Wildman–Crippen MR) is 90.1 cm³/mol. The van der Waals surface area contributed by atoms with Crippen LogP contribution in [0, 0.1) is 0 Å². The highest BCUT2D eigenvalue weighted by Gasteiger charge is 2.33. The van der Waals surface area contributed by atoms with Crippen molar-refractivity contribution in [2.45, 2.75) is 12.5 Å². The van der Waals surface area contributed by atoms with Gasteiger partial charge < -0.3 is 14.5 Å². The highest BCUT2D eigenvalue weighted by atomic mass is 32.2. The lowest BCUT2D eigenvalue weighted by molar-refractivity contribution is 0.0302. The normalized spacial score (nSPS) is 22.6. The fourth-order valence-corrected chi connectivity index (χ4v) is 4.85. The van der Waals surface area contributed by atoms with Crippen molar-refractivity contribution in [3.63, 3.8) is 0 Å². The SMILES string of the molecule is CN(C(=O)c1cncc(C(=O)N2CCOCC2)c1)C1CCS(=O)(=O)C1. The number of amides is 2. The summed E-state index contributed by atoms with van der Waals surface area (Å²) in [6, 6.07) is 1.18. The molecule has 0 aromatic carbocycles. The van der Waals surface area contributed by atoms with E-state index in [0.29, 0.717) is 38.3 Å². The van der Waals surface area contributed by atoms with E-state index in [4.69, 9.17) is 4.74 Å². The zero-order valence-electron chi connectivity index (χ0n) is 14.1. The summed E-state index contributed by atoms with van der Waals surface area (Å²) in [4.78, 5) is 32.3. The van der Waals surface area contributed by atoms with Crippen LogP contribution in [0.3, 0.4) is 0 Å². The van der Waals surface area contributed by atoms with E-state index in [2.05, 4.69) is 4.98 Å². The first-order valence-electron chi connectivity index (χ1n) is 8.17. The molecule has 0 N–H and O–H groups in total. The van der Waals surface area contributed by atoms with Gasteiger partial charge in [0.15, 0.2) is 9.84 Å². The van der Waals surface area contributed by atoms with Crippen LogP contribution in [0.5, 0.6) is 0 Å². The summed E-state index contributed by atoms with van der Waals surface area (Å²) in [5, 5.41) is 0. The predicted octanol–water partition coefficient (Wildman–Crippen LogP) is -0.187.